The summed E-state index contributed by atoms with van der Waals surface area (Å²) in [6.07, 6.45) is 2.42. The summed E-state index contributed by atoms with van der Waals surface area (Å²) in [6.45, 7) is 5.76. The molecular weight excluding hydrogens is 166 g/mol. The Morgan fingerprint density at radius 3 is 2.92 bits per heavy atom. The molecule has 72 valence electrons. The zero-order valence-corrected chi connectivity index (χ0v) is 7.67. The van der Waals surface area contributed by atoms with Crippen LogP contribution in [0.3, 0.4) is 0 Å². The van der Waals surface area contributed by atoms with E-state index in [-0.39, 0.29) is 6.04 Å². The molecule has 13 heavy (non-hydrogen) atoms. The van der Waals surface area contributed by atoms with Crippen LogP contribution in [-0.2, 0) is 0 Å². The van der Waals surface area contributed by atoms with Crippen LogP contribution in [-0.4, -0.2) is 10.2 Å². The summed E-state index contributed by atoms with van der Waals surface area (Å²) in [7, 11) is 0. The quantitative estimate of drug-likeness (QED) is 0.308. The SMILES string of the molecule is C=C(C)CC(NN)c1cn[nH]c1N. The minimum atomic E-state index is -0.0174. The van der Waals surface area contributed by atoms with Gasteiger partial charge in [0.25, 0.3) is 0 Å². The van der Waals surface area contributed by atoms with E-state index in [0.717, 1.165) is 17.6 Å². The van der Waals surface area contributed by atoms with Crippen molar-refractivity contribution < 1.29 is 0 Å². The van der Waals surface area contributed by atoms with Crippen LogP contribution < -0.4 is 17.0 Å². The maximum absolute atomic E-state index is 5.65. The molecule has 5 nitrogen and oxygen atoms in total. The van der Waals surface area contributed by atoms with Crippen molar-refractivity contribution in [1.82, 2.24) is 15.6 Å². The third kappa shape index (κ3) is 2.30. The minimum Gasteiger partial charge on any atom is -0.384 e. The summed E-state index contributed by atoms with van der Waals surface area (Å²) in [5.41, 5.74) is 10.3. The summed E-state index contributed by atoms with van der Waals surface area (Å²) < 4.78 is 0. The molecule has 6 N–H and O–H groups in total. The number of nitrogens with two attached hydrogens (primary N) is 2. The zero-order chi connectivity index (χ0) is 9.84. The lowest BCUT2D eigenvalue weighted by Gasteiger charge is -2.14. The van der Waals surface area contributed by atoms with Crippen LogP contribution in [0, 0.1) is 0 Å². The first kappa shape index (κ1) is 9.76. The summed E-state index contributed by atoms with van der Waals surface area (Å²) in [4.78, 5) is 0. The molecule has 1 heterocycles. The van der Waals surface area contributed by atoms with Crippen LogP contribution in [0.25, 0.3) is 0 Å². The van der Waals surface area contributed by atoms with Gasteiger partial charge in [-0.3, -0.25) is 16.4 Å². The van der Waals surface area contributed by atoms with Crippen molar-refractivity contribution in [3.05, 3.63) is 23.9 Å². The van der Waals surface area contributed by atoms with Crippen molar-refractivity contribution in [2.24, 2.45) is 5.84 Å². The summed E-state index contributed by atoms with van der Waals surface area (Å²) >= 11 is 0. The first-order valence-corrected chi connectivity index (χ1v) is 4.04. The first-order valence-electron chi connectivity index (χ1n) is 4.04. The summed E-state index contributed by atoms with van der Waals surface area (Å²) in [5, 5.41) is 6.48. The van der Waals surface area contributed by atoms with E-state index < -0.39 is 0 Å². The highest BCUT2D eigenvalue weighted by Gasteiger charge is 2.13. The molecule has 0 saturated heterocycles. The Bertz CT molecular complexity index is 290. The summed E-state index contributed by atoms with van der Waals surface area (Å²) in [5.74, 6) is 5.94. The van der Waals surface area contributed by atoms with Crippen molar-refractivity contribution >= 4 is 5.82 Å². The number of rotatable bonds is 4. The molecule has 1 atom stereocenters. The van der Waals surface area contributed by atoms with E-state index in [4.69, 9.17) is 11.6 Å². The van der Waals surface area contributed by atoms with E-state index in [1.807, 2.05) is 6.92 Å². The van der Waals surface area contributed by atoms with Crippen LogP contribution in [0.15, 0.2) is 18.3 Å². The first-order chi connectivity index (χ1) is 6.15. The number of nitrogen functional groups attached to an aromatic ring is 1. The van der Waals surface area contributed by atoms with Gasteiger partial charge in [0.15, 0.2) is 0 Å². The van der Waals surface area contributed by atoms with E-state index in [1.165, 1.54) is 0 Å². The number of nitrogens with zero attached hydrogens (tertiary/aromatic N) is 1. The van der Waals surface area contributed by atoms with Crippen LogP contribution in [0.5, 0.6) is 0 Å². The average Bonchev–Trinajstić information content (AvgIpc) is 2.47. The van der Waals surface area contributed by atoms with Gasteiger partial charge in [-0.25, -0.2) is 0 Å². The zero-order valence-electron chi connectivity index (χ0n) is 7.67. The van der Waals surface area contributed by atoms with Crippen LogP contribution >= 0.6 is 0 Å². The maximum Gasteiger partial charge on any atom is 0.123 e. The molecule has 0 aliphatic heterocycles. The van der Waals surface area contributed by atoms with E-state index in [1.54, 1.807) is 6.20 Å². The molecule has 0 radical (unpaired) electrons. The minimum absolute atomic E-state index is 0.0174. The van der Waals surface area contributed by atoms with Crippen molar-refractivity contribution in [1.29, 1.82) is 0 Å². The van der Waals surface area contributed by atoms with Crippen molar-refractivity contribution in [3.8, 4) is 0 Å². The Kier molecular flexibility index (Phi) is 3.05. The molecule has 0 saturated carbocycles. The smallest absolute Gasteiger partial charge is 0.123 e. The third-order valence-electron chi connectivity index (χ3n) is 1.83. The number of hydrazine groups is 1. The molecule has 1 unspecified atom stereocenters. The molecule has 0 fully saturated rings. The van der Waals surface area contributed by atoms with Gasteiger partial charge in [-0.1, -0.05) is 5.57 Å². The van der Waals surface area contributed by atoms with Crippen LogP contribution in [0.2, 0.25) is 0 Å². The molecule has 0 aromatic carbocycles. The molecule has 1 rings (SSSR count). The van der Waals surface area contributed by atoms with Gasteiger partial charge in [0.2, 0.25) is 0 Å². The van der Waals surface area contributed by atoms with Gasteiger partial charge < -0.3 is 5.73 Å². The fraction of sp³-hybridized carbons (Fsp3) is 0.375. The van der Waals surface area contributed by atoms with Crippen LogP contribution in [0.1, 0.15) is 24.9 Å². The number of anilines is 1. The fourth-order valence-electron chi connectivity index (χ4n) is 1.19. The Hall–Kier alpha value is -1.33. The van der Waals surface area contributed by atoms with Crippen LogP contribution in [0.4, 0.5) is 5.82 Å². The predicted octanol–water partition coefficient (Wildman–Crippen LogP) is 0.462. The Balaban J connectivity index is 2.78. The second-order valence-electron chi connectivity index (χ2n) is 3.12. The lowest BCUT2D eigenvalue weighted by Crippen LogP contribution is -2.28. The van der Waals surface area contributed by atoms with Crippen molar-refractivity contribution in [2.45, 2.75) is 19.4 Å². The lowest BCUT2D eigenvalue weighted by atomic mass is 10.0. The second kappa shape index (κ2) is 4.06. The highest BCUT2D eigenvalue weighted by molar-refractivity contribution is 5.39. The number of hydrogen-bond donors (Lipinski definition) is 4. The van der Waals surface area contributed by atoms with E-state index >= 15 is 0 Å². The summed E-state index contributed by atoms with van der Waals surface area (Å²) in [6, 6.07) is -0.0174. The Morgan fingerprint density at radius 1 is 1.85 bits per heavy atom. The van der Waals surface area contributed by atoms with Crippen molar-refractivity contribution in [3.63, 3.8) is 0 Å². The monoisotopic (exact) mass is 181 g/mol. The van der Waals surface area contributed by atoms with E-state index in [2.05, 4.69) is 22.2 Å². The van der Waals surface area contributed by atoms with E-state index in [0.29, 0.717) is 5.82 Å². The van der Waals surface area contributed by atoms with Gasteiger partial charge in [0.05, 0.1) is 12.2 Å². The number of nitrogens with one attached hydrogen (secondary N) is 2. The van der Waals surface area contributed by atoms with Gasteiger partial charge in [-0.15, -0.1) is 6.58 Å². The molecule has 0 amide bonds. The Morgan fingerprint density at radius 2 is 2.54 bits per heavy atom. The molecule has 1 aromatic heterocycles. The van der Waals surface area contributed by atoms with Gasteiger partial charge in [-0.05, 0) is 13.3 Å². The van der Waals surface area contributed by atoms with Gasteiger partial charge in [0.1, 0.15) is 5.82 Å². The number of hydrogen-bond acceptors (Lipinski definition) is 4. The average molecular weight is 181 g/mol. The molecule has 0 aliphatic rings. The fourth-order valence-corrected chi connectivity index (χ4v) is 1.19. The highest BCUT2D eigenvalue weighted by atomic mass is 15.2. The molecule has 0 spiro atoms. The molecule has 0 aliphatic carbocycles. The van der Waals surface area contributed by atoms with E-state index in [9.17, 15) is 0 Å². The molecule has 5 heteroatoms. The maximum atomic E-state index is 5.65. The van der Waals surface area contributed by atoms with Crippen molar-refractivity contribution in [2.75, 3.05) is 5.73 Å². The predicted molar refractivity (Wildman–Crippen MR) is 52.5 cm³/mol. The lowest BCUT2D eigenvalue weighted by molar-refractivity contribution is 0.552. The molecule has 1 aromatic rings. The largest absolute Gasteiger partial charge is 0.384 e. The Labute approximate surface area is 77.2 Å². The number of aromatic nitrogens is 2. The van der Waals surface area contributed by atoms with Gasteiger partial charge in [0, 0.05) is 5.56 Å². The number of aromatic amines is 1. The van der Waals surface area contributed by atoms with Gasteiger partial charge in [-0.2, -0.15) is 5.10 Å². The number of H-pyrrole nitrogens is 1. The third-order valence-corrected chi connectivity index (χ3v) is 1.83. The standard InChI is InChI=1S/C8H15N5/c1-5(2)3-7(12-10)6-4-11-13-8(6)9/h4,7,12H,1,3,10H2,2H3,(H3,9,11,13). The molecular formula is C8H15N5. The van der Waals surface area contributed by atoms with Gasteiger partial charge >= 0.3 is 0 Å². The molecule has 0 bridgehead atoms. The second-order valence-corrected chi connectivity index (χ2v) is 3.12. The highest BCUT2D eigenvalue weighted by Crippen LogP contribution is 2.22. The topological polar surface area (TPSA) is 92.7 Å². The normalized spacial score (nSPS) is 12.8.